The van der Waals surface area contributed by atoms with Gasteiger partial charge in [0, 0.05) is 26.2 Å². The summed E-state index contributed by atoms with van der Waals surface area (Å²) in [6, 6.07) is 0. The van der Waals surface area contributed by atoms with Gasteiger partial charge in [-0.15, -0.1) is 0 Å². The van der Waals surface area contributed by atoms with Gasteiger partial charge in [0.1, 0.15) is 0 Å². The molecule has 0 aromatic heterocycles. The van der Waals surface area contributed by atoms with Gasteiger partial charge in [-0.2, -0.15) is 0 Å². The van der Waals surface area contributed by atoms with Gasteiger partial charge in [-0.05, 0) is 30.1 Å². The molecule has 3 fully saturated rings. The lowest BCUT2D eigenvalue weighted by Crippen LogP contribution is -2.54. The predicted octanol–water partition coefficient (Wildman–Crippen LogP) is 0.995. The zero-order valence-electron chi connectivity index (χ0n) is 12.3. The van der Waals surface area contributed by atoms with Crippen molar-refractivity contribution in [3.05, 3.63) is 0 Å². The number of rotatable bonds is 1. The Labute approximate surface area is 115 Å². The van der Waals surface area contributed by atoms with Crippen molar-refractivity contribution in [1.29, 1.82) is 0 Å². The quantitative estimate of drug-likeness (QED) is 0.744. The van der Waals surface area contributed by atoms with E-state index in [1.807, 2.05) is 4.90 Å². The van der Waals surface area contributed by atoms with Gasteiger partial charge in [-0.1, -0.05) is 20.8 Å². The molecular formula is C15H26N2O2. The van der Waals surface area contributed by atoms with Crippen LogP contribution in [0.25, 0.3) is 0 Å². The van der Waals surface area contributed by atoms with Crippen molar-refractivity contribution in [1.82, 2.24) is 10.2 Å². The van der Waals surface area contributed by atoms with E-state index in [9.17, 15) is 9.90 Å². The molecule has 0 spiro atoms. The molecule has 19 heavy (non-hydrogen) atoms. The van der Waals surface area contributed by atoms with Gasteiger partial charge in [0.25, 0.3) is 0 Å². The number of hydrogen-bond acceptors (Lipinski definition) is 3. The summed E-state index contributed by atoms with van der Waals surface area (Å²) in [7, 11) is 0. The van der Waals surface area contributed by atoms with E-state index in [4.69, 9.17) is 0 Å². The number of nitrogens with one attached hydrogen (secondary N) is 1. The SMILES string of the molecule is CC1(C)[C@]2(C(=O)N3CCNCC3)CC[C@]1(C)[C@@H](O)C2. The highest BCUT2D eigenvalue weighted by molar-refractivity contribution is 5.85. The van der Waals surface area contributed by atoms with Crippen molar-refractivity contribution in [3.63, 3.8) is 0 Å². The highest BCUT2D eigenvalue weighted by atomic mass is 16.3. The molecule has 0 radical (unpaired) electrons. The van der Waals surface area contributed by atoms with Crippen LogP contribution in [0, 0.1) is 16.2 Å². The van der Waals surface area contributed by atoms with E-state index in [1.54, 1.807) is 0 Å². The molecule has 4 nitrogen and oxygen atoms in total. The average Bonchev–Trinajstić information content (AvgIpc) is 2.69. The second-order valence-electron chi connectivity index (χ2n) is 7.39. The molecule has 3 rings (SSSR count). The van der Waals surface area contributed by atoms with E-state index in [2.05, 4.69) is 26.1 Å². The summed E-state index contributed by atoms with van der Waals surface area (Å²) < 4.78 is 0. The van der Waals surface area contributed by atoms with Gasteiger partial charge < -0.3 is 15.3 Å². The highest BCUT2D eigenvalue weighted by Gasteiger charge is 2.72. The monoisotopic (exact) mass is 266 g/mol. The van der Waals surface area contributed by atoms with Gasteiger partial charge >= 0.3 is 0 Å². The standard InChI is InChI=1S/C15H26N2O2/c1-13(2)14(3)4-5-15(13,10-11(14)18)12(19)17-8-6-16-7-9-17/h11,16,18H,4-10H2,1-3H3/t11-,14+,15+/m0/s1. The second kappa shape index (κ2) is 3.95. The van der Waals surface area contributed by atoms with Crippen LogP contribution in [0.2, 0.25) is 0 Å². The van der Waals surface area contributed by atoms with Crippen molar-refractivity contribution < 1.29 is 9.90 Å². The minimum absolute atomic E-state index is 0.100. The number of aliphatic hydroxyl groups excluding tert-OH is 1. The van der Waals surface area contributed by atoms with Gasteiger partial charge in [0.05, 0.1) is 11.5 Å². The number of amides is 1. The van der Waals surface area contributed by atoms with E-state index in [-0.39, 0.29) is 22.3 Å². The average molecular weight is 266 g/mol. The smallest absolute Gasteiger partial charge is 0.229 e. The van der Waals surface area contributed by atoms with E-state index in [0.717, 1.165) is 39.0 Å². The summed E-state index contributed by atoms with van der Waals surface area (Å²) in [6.45, 7) is 9.95. The molecule has 0 aromatic carbocycles. The number of hydrogen-bond donors (Lipinski definition) is 2. The molecule has 4 heteroatoms. The first-order valence-electron chi connectivity index (χ1n) is 7.53. The fourth-order valence-corrected chi connectivity index (χ4v) is 4.77. The van der Waals surface area contributed by atoms with Crippen LogP contribution >= 0.6 is 0 Å². The summed E-state index contributed by atoms with van der Waals surface area (Å²) in [4.78, 5) is 15.1. The van der Waals surface area contributed by atoms with E-state index >= 15 is 0 Å². The van der Waals surface area contributed by atoms with Crippen LogP contribution in [0.5, 0.6) is 0 Å². The maximum Gasteiger partial charge on any atom is 0.229 e. The minimum atomic E-state index is -0.335. The zero-order valence-corrected chi connectivity index (χ0v) is 12.3. The Morgan fingerprint density at radius 3 is 2.32 bits per heavy atom. The fourth-order valence-electron chi connectivity index (χ4n) is 4.77. The molecule has 2 bridgehead atoms. The number of fused-ring (bicyclic) bond motifs is 2. The van der Waals surface area contributed by atoms with Gasteiger partial charge in [0.2, 0.25) is 5.91 Å². The molecule has 108 valence electrons. The lowest BCUT2D eigenvalue weighted by Gasteiger charge is -2.43. The third-order valence-corrected chi connectivity index (χ3v) is 6.79. The zero-order chi connectivity index (χ0) is 13.9. The molecule has 2 N–H and O–H groups in total. The van der Waals surface area contributed by atoms with Crippen LogP contribution in [0.4, 0.5) is 0 Å². The largest absolute Gasteiger partial charge is 0.393 e. The molecule has 3 aliphatic rings. The Bertz CT molecular complexity index is 403. The van der Waals surface area contributed by atoms with Gasteiger partial charge in [0.15, 0.2) is 0 Å². The molecular weight excluding hydrogens is 240 g/mol. The van der Waals surface area contributed by atoms with Crippen LogP contribution in [0.1, 0.15) is 40.0 Å². The minimum Gasteiger partial charge on any atom is -0.393 e. The Morgan fingerprint density at radius 2 is 1.84 bits per heavy atom. The second-order valence-corrected chi connectivity index (χ2v) is 7.39. The van der Waals surface area contributed by atoms with Crippen molar-refractivity contribution in [2.45, 2.75) is 46.1 Å². The lowest BCUT2D eigenvalue weighted by molar-refractivity contribution is -0.148. The number of aliphatic hydroxyl groups is 1. The summed E-state index contributed by atoms with van der Waals surface area (Å²) in [5, 5.41) is 13.7. The fraction of sp³-hybridized carbons (Fsp3) is 0.933. The van der Waals surface area contributed by atoms with Crippen molar-refractivity contribution >= 4 is 5.91 Å². The third kappa shape index (κ3) is 1.44. The number of carbonyl (C=O) groups excluding carboxylic acids is 1. The van der Waals surface area contributed by atoms with E-state index in [1.165, 1.54) is 0 Å². The van der Waals surface area contributed by atoms with Crippen molar-refractivity contribution in [2.75, 3.05) is 26.2 Å². The molecule has 1 amide bonds. The molecule has 2 saturated carbocycles. The molecule has 2 aliphatic carbocycles. The van der Waals surface area contributed by atoms with Crippen molar-refractivity contribution in [2.24, 2.45) is 16.2 Å². The van der Waals surface area contributed by atoms with E-state index < -0.39 is 0 Å². The van der Waals surface area contributed by atoms with Gasteiger partial charge in [-0.25, -0.2) is 0 Å². The Balaban J connectivity index is 1.93. The number of piperazine rings is 1. The molecule has 1 saturated heterocycles. The molecule has 1 heterocycles. The van der Waals surface area contributed by atoms with Gasteiger partial charge in [-0.3, -0.25) is 4.79 Å². The lowest BCUT2D eigenvalue weighted by atomic mass is 9.64. The molecule has 1 aliphatic heterocycles. The number of carbonyl (C=O) groups is 1. The summed E-state index contributed by atoms with van der Waals surface area (Å²) in [5.41, 5.74) is -0.545. The molecule has 3 atom stereocenters. The topological polar surface area (TPSA) is 52.6 Å². The number of nitrogens with zero attached hydrogens (tertiary/aromatic N) is 1. The van der Waals surface area contributed by atoms with Crippen LogP contribution in [-0.2, 0) is 4.79 Å². The van der Waals surface area contributed by atoms with Crippen LogP contribution in [0.15, 0.2) is 0 Å². The Hall–Kier alpha value is -0.610. The maximum absolute atomic E-state index is 13.1. The molecule has 0 unspecified atom stereocenters. The first-order chi connectivity index (χ1) is 8.85. The van der Waals surface area contributed by atoms with Crippen molar-refractivity contribution in [3.8, 4) is 0 Å². The summed E-state index contributed by atoms with van der Waals surface area (Å²) >= 11 is 0. The van der Waals surface area contributed by atoms with Crippen LogP contribution in [0.3, 0.4) is 0 Å². The van der Waals surface area contributed by atoms with E-state index in [0.29, 0.717) is 12.3 Å². The normalized spacial score (nSPS) is 44.6. The van der Waals surface area contributed by atoms with Crippen LogP contribution in [-0.4, -0.2) is 48.2 Å². The Kier molecular flexibility index (Phi) is 2.78. The molecule has 0 aromatic rings. The predicted molar refractivity (Wildman–Crippen MR) is 73.6 cm³/mol. The summed E-state index contributed by atoms with van der Waals surface area (Å²) in [6.07, 6.45) is 2.23. The van der Waals surface area contributed by atoms with Crippen LogP contribution < -0.4 is 5.32 Å². The third-order valence-electron chi connectivity index (χ3n) is 6.79. The highest BCUT2D eigenvalue weighted by Crippen LogP contribution is 2.72. The first-order valence-corrected chi connectivity index (χ1v) is 7.53. The first kappa shape index (κ1) is 13.4. The summed E-state index contributed by atoms with van der Waals surface area (Å²) in [5.74, 6) is 0.291. The Morgan fingerprint density at radius 1 is 1.21 bits per heavy atom. The maximum atomic E-state index is 13.1.